The maximum atomic E-state index is 9.93. The Bertz CT molecular complexity index is 933. The van der Waals surface area contributed by atoms with Crippen molar-refractivity contribution in [2.24, 2.45) is 17.1 Å². The van der Waals surface area contributed by atoms with Crippen molar-refractivity contribution in [3.63, 3.8) is 0 Å². The van der Waals surface area contributed by atoms with E-state index in [0.29, 0.717) is 24.6 Å². The predicted molar refractivity (Wildman–Crippen MR) is 107 cm³/mol. The molecule has 1 aliphatic carbocycles. The fourth-order valence-electron chi connectivity index (χ4n) is 4.42. The Morgan fingerprint density at radius 3 is 2.32 bits per heavy atom. The van der Waals surface area contributed by atoms with E-state index in [1.54, 1.807) is 0 Å². The van der Waals surface area contributed by atoms with Gasteiger partial charge in [-0.3, -0.25) is 4.90 Å². The maximum absolute atomic E-state index is 9.93. The molecule has 0 spiro atoms. The summed E-state index contributed by atoms with van der Waals surface area (Å²) in [5, 5.41) is 29.7. The smallest absolute Gasteiger partial charge is 0.204 e. The molecule has 1 heterocycles. The van der Waals surface area contributed by atoms with Gasteiger partial charge in [-0.05, 0) is 29.2 Å². The Hall–Kier alpha value is -3.07. The lowest BCUT2D eigenvalue weighted by Crippen LogP contribution is -2.47. The van der Waals surface area contributed by atoms with Crippen LogP contribution >= 0.6 is 0 Å². The summed E-state index contributed by atoms with van der Waals surface area (Å²) in [4.78, 5) is 2.26. The first kappa shape index (κ1) is 19.7. The molecule has 5 nitrogen and oxygen atoms in total. The molecule has 0 fully saturated rings. The molecule has 0 amide bonds. The maximum Gasteiger partial charge on any atom is 0.204 e. The van der Waals surface area contributed by atoms with Gasteiger partial charge >= 0.3 is 0 Å². The third-order valence-electron chi connectivity index (χ3n) is 6.13. The van der Waals surface area contributed by atoms with Crippen molar-refractivity contribution in [2.45, 2.75) is 32.6 Å². The molecule has 0 bridgehead atoms. The van der Waals surface area contributed by atoms with Crippen molar-refractivity contribution in [1.82, 2.24) is 4.90 Å². The highest BCUT2D eigenvalue weighted by Crippen LogP contribution is 2.52. The largest absolute Gasteiger partial charge is 0.399 e. The van der Waals surface area contributed by atoms with E-state index in [2.05, 4.69) is 68.1 Å². The molecule has 0 aromatic heterocycles. The Kier molecular flexibility index (Phi) is 5.28. The first-order valence-electron chi connectivity index (χ1n) is 9.68. The van der Waals surface area contributed by atoms with Crippen LogP contribution in [0, 0.1) is 45.3 Å². The van der Waals surface area contributed by atoms with E-state index >= 15 is 0 Å². The van der Waals surface area contributed by atoms with Gasteiger partial charge in [0.15, 0.2) is 0 Å². The summed E-state index contributed by atoms with van der Waals surface area (Å²) >= 11 is 0. The van der Waals surface area contributed by atoms with Gasteiger partial charge in [0, 0.05) is 24.9 Å². The fourth-order valence-corrected chi connectivity index (χ4v) is 4.42. The van der Waals surface area contributed by atoms with E-state index in [4.69, 9.17) is 5.73 Å². The van der Waals surface area contributed by atoms with Crippen LogP contribution in [0.15, 0.2) is 47.2 Å². The second-order valence-electron chi connectivity index (χ2n) is 7.83. The number of nitrogens with zero attached hydrogens (tertiary/aromatic N) is 4. The summed E-state index contributed by atoms with van der Waals surface area (Å²) in [6.45, 7) is 8.62. The number of likely N-dealkylation sites (N-methyl/N-ethyl adjacent to an activating group) is 1. The van der Waals surface area contributed by atoms with Crippen LogP contribution in [0.4, 0.5) is 0 Å². The number of benzene rings is 1. The summed E-state index contributed by atoms with van der Waals surface area (Å²) in [5.74, 6) is 0.0449. The van der Waals surface area contributed by atoms with Gasteiger partial charge in [-0.25, -0.2) is 0 Å². The zero-order chi connectivity index (χ0) is 20.5. The lowest BCUT2D eigenvalue weighted by Gasteiger charge is -2.45. The molecule has 0 unspecified atom stereocenters. The van der Waals surface area contributed by atoms with Crippen LogP contribution in [0.1, 0.15) is 43.7 Å². The van der Waals surface area contributed by atoms with Crippen LogP contribution in [-0.4, -0.2) is 24.5 Å². The molecule has 1 aliphatic heterocycles. The normalized spacial score (nSPS) is 24.0. The third-order valence-corrected chi connectivity index (χ3v) is 6.13. The molecule has 0 radical (unpaired) electrons. The van der Waals surface area contributed by atoms with Gasteiger partial charge in [0.25, 0.3) is 0 Å². The van der Waals surface area contributed by atoms with Crippen LogP contribution in [0.5, 0.6) is 0 Å². The van der Waals surface area contributed by atoms with E-state index in [-0.39, 0.29) is 17.5 Å². The molecule has 2 aliphatic rings. The fraction of sp³-hybridized carbons (Fsp3) is 0.435. The zero-order valence-electron chi connectivity index (χ0n) is 16.6. The minimum Gasteiger partial charge on any atom is -0.399 e. The lowest BCUT2D eigenvalue weighted by molar-refractivity contribution is 0.234. The van der Waals surface area contributed by atoms with Gasteiger partial charge in [-0.1, -0.05) is 51.1 Å². The summed E-state index contributed by atoms with van der Waals surface area (Å²) in [6, 6.07) is 14.8. The average molecular weight is 371 g/mol. The molecule has 1 aromatic carbocycles. The molecule has 142 valence electrons. The third kappa shape index (κ3) is 2.88. The topological polar surface area (TPSA) is 101 Å². The predicted octanol–water partition coefficient (Wildman–Crippen LogP) is 3.56. The zero-order valence-corrected chi connectivity index (χ0v) is 16.6. The van der Waals surface area contributed by atoms with Crippen LogP contribution in [-0.2, 0) is 0 Å². The summed E-state index contributed by atoms with van der Waals surface area (Å²) < 4.78 is 0. The summed E-state index contributed by atoms with van der Waals surface area (Å²) in [5.41, 5.74) is 8.19. The van der Waals surface area contributed by atoms with Crippen molar-refractivity contribution in [3.8, 4) is 18.2 Å². The van der Waals surface area contributed by atoms with Gasteiger partial charge in [0.1, 0.15) is 0 Å². The molecule has 2 atom stereocenters. The van der Waals surface area contributed by atoms with E-state index in [0.717, 1.165) is 17.7 Å². The van der Waals surface area contributed by atoms with Crippen LogP contribution < -0.4 is 5.73 Å². The van der Waals surface area contributed by atoms with E-state index < -0.39 is 5.41 Å². The van der Waals surface area contributed by atoms with E-state index in [9.17, 15) is 15.8 Å². The monoisotopic (exact) mass is 371 g/mol. The van der Waals surface area contributed by atoms with Crippen LogP contribution in [0.3, 0.4) is 0 Å². The highest BCUT2D eigenvalue weighted by molar-refractivity contribution is 5.58. The quantitative estimate of drug-likeness (QED) is 0.819. The van der Waals surface area contributed by atoms with E-state index in [1.165, 1.54) is 5.56 Å². The second-order valence-corrected chi connectivity index (χ2v) is 7.83. The van der Waals surface area contributed by atoms with Gasteiger partial charge < -0.3 is 5.73 Å². The van der Waals surface area contributed by atoms with Crippen molar-refractivity contribution in [1.29, 1.82) is 15.8 Å². The van der Waals surface area contributed by atoms with Crippen LogP contribution in [0.2, 0.25) is 0 Å². The van der Waals surface area contributed by atoms with Crippen molar-refractivity contribution < 1.29 is 0 Å². The number of fused-ring (bicyclic) bond motifs is 1. The molecule has 0 saturated heterocycles. The highest BCUT2D eigenvalue weighted by atomic mass is 15.1. The van der Waals surface area contributed by atoms with Gasteiger partial charge in [0.2, 0.25) is 5.41 Å². The molecular weight excluding hydrogens is 346 g/mol. The number of rotatable bonds is 3. The van der Waals surface area contributed by atoms with Crippen molar-refractivity contribution in [2.75, 3.05) is 19.6 Å². The molecule has 0 saturated carbocycles. The SMILES string of the molecule is CCN1CC=C2[C@H](C1)[C@@H](c1ccc(C(C)C)cc1)C(C#N)=C(N)C2(C#N)C#N. The minimum absolute atomic E-state index is 0.0883. The number of nitriles is 3. The number of hydrogen-bond donors (Lipinski definition) is 1. The van der Waals surface area contributed by atoms with Crippen molar-refractivity contribution >= 4 is 0 Å². The lowest BCUT2D eigenvalue weighted by atomic mass is 9.60. The Balaban J connectivity index is 2.23. The van der Waals surface area contributed by atoms with Gasteiger partial charge in [-0.15, -0.1) is 0 Å². The highest BCUT2D eigenvalue weighted by Gasteiger charge is 2.52. The first-order valence-corrected chi connectivity index (χ1v) is 9.68. The molecule has 2 N–H and O–H groups in total. The number of allylic oxidation sites excluding steroid dienone is 2. The molecule has 1 aromatic rings. The summed E-state index contributed by atoms with van der Waals surface area (Å²) in [6.07, 6.45) is 1.97. The van der Waals surface area contributed by atoms with Crippen LogP contribution in [0.25, 0.3) is 0 Å². The van der Waals surface area contributed by atoms with Gasteiger partial charge in [-0.2, -0.15) is 15.8 Å². The molecular formula is C23H25N5. The summed E-state index contributed by atoms with van der Waals surface area (Å²) in [7, 11) is 0. The standard InChI is InChI=1S/C23H25N5/c1-4-28-10-9-20-19(12-28)21(17-7-5-16(6-8-17)15(2)3)18(11-24)22(27)23(20,13-25)14-26/h5-9,15,19,21H,4,10,12,27H2,1-3H3/t19-,21-/m0/s1. The Morgan fingerprint density at radius 1 is 1.18 bits per heavy atom. The van der Waals surface area contributed by atoms with E-state index in [1.807, 2.05) is 6.08 Å². The first-order chi connectivity index (χ1) is 13.4. The Morgan fingerprint density at radius 2 is 1.82 bits per heavy atom. The number of hydrogen-bond acceptors (Lipinski definition) is 5. The number of nitrogens with two attached hydrogens (primary N) is 1. The van der Waals surface area contributed by atoms with Crippen molar-refractivity contribution in [3.05, 3.63) is 58.3 Å². The minimum atomic E-state index is -1.55. The molecule has 5 heteroatoms. The molecule has 28 heavy (non-hydrogen) atoms. The molecule has 3 rings (SSSR count). The Labute approximate surface area is 167 Å². The second kappa shape index (κ2) is 7.51. The van der Waals surface area contributed by atoms with Gasteiger partial charge in [0.05, 0.1) is 29.5 Å². The average Bonchev–Trinajstić information content (AvgIpc) is 2.73.